The zero-order chi connectivity index (χ0) is 38.9. The molecule has 2 aromatic heterocycles. The van der Waals surface area contributed by atoms with Gasteiger partial charge in [0.15, 0.2) is 0 Å². The van der Waals surface area contributed by atoms with Gasteiger partial charge in [0.25, 0.3) is 0 Å². The quantitative estimate of drug-likeness (QED) is 0.158. The number of anilines is 3. The summed E-state index contributed by atoms with van der Waals surface area (Å²) in [4.78, 5) is 2.40. The van der Waals surface area contributed by atoms with E-state index in [1.807, 2.05) is 12.1 Å². The van der Waals surface area contributed by atoms with Crippen LogP contribution in [-0.2, 0) is 0 Å². The highest BCUT2D eigenvalue weighted by Gasteiger charge is 2.20. The number of nitrogens with zero attached hydrogens (tertiary/aromatic N) is 2. The van der Waals surface area contributed by atoms with Crippen molar-refractivity contribution < 1.29 is 4.42 Å². The molecule has 0 N–H and O–H groups in total. The van der Waals surface area contributed by atoms with Crippen LogP contribution in [0, 0.1) is 0 Å². The first kappa shape index (κ1) is 33.3. The fourth-order valence-electron chi connectivity index (χ4n) is 9.19. The second kappa shape index (κ2) is 13.4. The summed E-state index contributed by atoms with van der Waals surface area (Å²) in [5.41, 5.74) is 13.1. The van der Waals surface area contributed by atoms with Crippen LogP contribution < -0.4 is 4.90 Å². The fraction of sp³-hybridized carbons (Fsp3) is 0. The first-order chi connectivity index (χ1) is 29.2. The van der Waals surface area contributed by atoms with Gasteiger partial charge in [-0.3, -0.25) is 0 Å². The van der Waals surface area contributed by atoms with Crippen molar-refractivity contribution in [3.63, 3.8) is 0 Å². The molecular weight excluding hydrogens is 717 g/mol. The van der Waals surface area contributed by atoms with E-state index in [2.05, 4.69) is 216 Å². The Morgan fingerprint density at radius 1 is 0.339 bits per heavy atom. The maximum Gasteiger partial charge on any atom is 0.136 e. The molecule has 0 aliphatic rings. The minimum atomic E-state index is 0.884. The predicted octanol–water partition coefficient (Wildman–Crippen LogP) is 15.8. The summed E-state index contributed by atoms with van der Waals surface area (Å²) in [6.07, 6.45) is 0. The van der Waals surface area contributed by atoms with Gasteiger partial charge in [0.05, 0.1) is 16.7 Å². The Balaban J connectivity index is 1.01. The van der Waals surface area contributed by atoms with E-state index in [9.17, 15) is 0 Å². The molecule has 0 unspecified atom stereocenters. The van der Waals surface area contributed by atoms with Crippen LogP contribution in [0.5, 0.6) is 0 Å². The Morgan fingerprint density at radius 2 is 0.949 bits per heavy atom. The normalized spacial score (nSPS) is 11.7. The van der Waals surface area contributed by atoms with E-state index >= 15 is 0 Å². The number of para-hydroxylation sites is 4. The molecule has 10 aromatic carbocycles. The number of hydrogen-bond acceptors (Lipinski definition) is 2. The van der Waals surface area contributed by atoms with Gasteiger partial charge in [0.2, 0.25) is 0 Å². The average molecular weight is 753 g/mol. The third-order valence-corrected chi connectivity index (χ3v) is 12.0. The molecule has 0 radical (unpaired) electrons. The number of fused-ring (bicyclic) bond motifs is 9. The molecule has 3 nitrogen and oxygen atoms in total. The molecule has 0 bridgehead atoms. The second-order valence-electron chi connectivity index (χ2n) is 15.3. The Bertz CT molecular complexity index is 3520. The van der Waals surface area contributed by atoms with Crippen molar-refractivity contribution >= 4 is 82.4 Å². The van der Waals surface area contributed by atoms with Gasteiger partial charge >= 0.3 is 0 Å². The van der Waals surface area contributed by atoms with Crippen LogP contribution in [-0.4, -0.2) is 4.57 Å². The highest BCUT2D eigenvalue weighted by atomic mass is 16.3. The summed E-state index contributed by atoms with van der Waals surface area (Å²) in [6, 6.07) is 78.8. The van der Waals surface area contributed by atoms with Gasteiger partial charge in [0.1, 0.15) is 11.2 Å². The van der Waals surface area contributed by atoms with E-state index in [0.717, 1.165) is 61.4 Å². The van der Waals surface area contributed by atoms with Crippen molar-refractivity contribution in [2.24, 2.45) is 0 Å². The molecule has 0 aliphatic carbocycles. The molecule has 59 heavy (non-hydrogen) atoms. The molecule has 3 heteroatoms. The number of aromatic nitrogens is 1. The van der Waals surface area contributed by atoms with Crippen LogP contribution in [0.15, 0.2) is 223 Å². The Hall–Kier alpha value is -7.88. The molecule has 12 rings (SSSR count). The van der Waals surface area contributed by atoms with Gasteiger partial charge in [-0.1, -0.05) is 146 Å². The molecular formula is C56H36N2O. The molecule has 0 aliphatic heterocycles. The second-order valence-corrected chi connectivity index (χ2v) is 15.3. The van der Waals surface area contributed by atoms with E-state index in [4.69, 9.17) is 4.42 Å². The number of rotatable bonds is 6. The van der Waals surface area contributed by atoms with Crippen LogP contribution in [0.2, 0.25) is 0 Å². The third-order valence-electron chi connectivity index (χ3n) is 12.0. The Kier molecular flexibility index (Phi) is 7.54. The molecule has 276 valence electrons. The SMILES string of the molecule is c1cc(-c2ccc(N(c3ccc4ccc5ccccc5c4c3)c3ccccc3-c3ccc4c(c3)oc3ccccc34)cc2)cc(-n2c3ccccc3c3ccccc32)c1. The van der Waals surface area contributed by atoms with Gasteiger partial charge in [-0.05, 0) is 111 Å². The van der Waals surface area contributed by atoms with Gasteiger partial charge < -0.3 is 13.9 Å². The lowest BCUT2D eigenvalue weighted by molar-refractivity contribution is 0.669. The van der Waals surface area contributed by atoms with E-state index < -0.39 is 0 Å². The summed E-state index contributed by atoms with van der Waals surface area (Å²) >= 11 is 0. The van der Waals surface area contributed by atoms with Crippen LogP contribution >= 0.6 is 0 Å². The van der Waals surface area contributed by atoms with Gasteiger partial charge in [-0.2, -0.15) is 0 Å². The molecule has 2 heterocycles. The number of hydrogen-bond donors (Lipinski definition) is 0. The molecule has 12 aromatic rings. The summed E-state index contributed by atoms with van der Waals surface area (Å²) in [6.45, 7) is 0. The standard InChI is InChI=1S/C56H36N2O/c1-2-15-45-38(12-1)24-25-39-28-32-44(36-51(39)45)57(52-20-7-3-16-46(52)41-29-33-50-49-19-6-10-23-55(49)59-56(50)35-41)42-30-26-37(27-31-42)40-13-11-14-43(34-40)58-53-21-8-4-17-47(53)48-18-5-9-22-54(48)58/h1-36H. The van der Waals surface area contributed by atoms with Crippen LogP contribution in [0.1, 0.15) is 0 Å². The van der Waals surface area contributed by atoms with Crippen molar-refractivity contribution in [1.29, 1.82) is 0 Å². The minimum Gasteiger partial charge on any atom is -0.456 e. The first-order valence-corrected chi connectivity index (χ1v) is 20.2. The van der Waals surface area contributed by atoms with Crippen LogP contribution in [0.4, 0.5) is 17.1 Å². The van der Waals surface area contributed by atoms with E-state index in [1.165, 1.54) is 48.9 Å². The third kappa shape index (κ3) is 5.44. The van der Waals surface area contributed by atoms with E-state index in [0.29, 0.717) is 0 Å². The lowest BCUT2D eigenvalue weighted by atomic mass is 9.98. The average Bonchev–Trinajstić information content (AvgIpc) is 3.85. The number of furan rings is 1. The van der Waals surface area contributed by atoms with E-state index in [-0.39, 0.29) is 0 Å². The monoisotopic (exact) mass is 752 g/mol. The van der Waals surface area contributed by atoms with E-state index in [1.54, 1.807) is 0 Å². The number of benzene rings is 10. The zero-order valence-corrected chi connectivity index (χ0v) is 32.1. The predicted molar refractivity (Wildman–Crippen MR) is 249 cm³/mol. The summed E-state index contributed by atoms with van der Waals surface area (Å²) < 4.78 is 8.77. The van der Waals surface area contributed by atoms with Crippen molar-refractivity contribution in [1.82, 2.24) is 4.57 Å². The summed E-state index contributed by atoms with van der Waals surface area (Å²) in [7, 11) is 0. The lowest BCUT2D eigenvalue weighted by Gasteiger charge is -2.28. The highest BCUT2D eigenvalue weighted by molar-refractivity contribution is 6.11. The maximum atomic E-state index is 6.39. The van der Waals surface area contributed by atoms with Crippen molar-refractivity contribution in [3.05, 3.63) is 218 Å². The summed E-state index contributed by atoms with van der Waals surface area (Å²) in [5.74, 6) is 0. The topological polar surface area (TPSA) is 21.3 Å². The molecule has 0 fully saturated rings. The fourth-order valence-corrected chi connectivity index (χ4v) is 9.19. The van der Waals surface area contributed by atoms with Crippen LogP contribution in [0.3, 0.4) is 0 Å². The van der Waals surface area contributed by atoms with Gasteiger partial charge in [0, 0.05) is 44.2 Å². The molecule has 0 saturated carbocycles. The zero-order valence-electron chi connectivity index (χ0n) is 32.1. The minimum absolute atomic E-state index is 0.884. The first-order valence-electron chi connectivity index (χ1n) is 20.2. The molecule has 0 amide bonds. The largest absolute Gasteiger partial charge is 0.456 e. The Labute approximate surface area is 341 Å². The van der Waals surface area contributed by atoms with Gasteiger partial charge in [-0.15, -0.1) is 0 Å². The lowest BCUT2D eigenvalue weighted by Crippen LogP contribution is -2.11. The summed E-state index contributed by atoms with van der Waals surface area (Å²) in [5, 5.41) is 9.70. The molecule has 0 saturated heterocycles. The molecule has 0 spiro atoms. The molecule has 0 atom stereocenters. The van der Waals surface area contributed by atoms with Gasteiger partial charge in [-0.25, -0.2) is 0 Å². The Morgan fingerprint density at radius 3 is 1.76 bits per heavy atom. The van der Waals surface area contributed by atoms with Crippen molar-refractivity contribution in [2.75, 3.05) is 4.90 Å². The van der Waals surface area contributed by atoms with Crippen molar-refractivity contribution in [3.8, 4) is 27.9 Å². The van der Waals surface area contributed by atoms with Crippen LogP contribution in [0.25, 0.3) is 93.2 Å². The van der Waals surface area contributed by atoms with Crippen molar-refractivity contribution in [2.45, 2.75) is 0 Å². The highest BCUT2D eigenvalue weighted by Crippen LogP contribution is 2.44. The maximum absolute atomic E-state index is 6.39. The smallest absolute Gasteiger partial charge is 0.136 e.